The van der Waals surface area contributed by atoms with Crippen molar-refractivity contribution in [3.63, 3.8) is 0 Å². The molecule has 2 aliphatic rings. The summed E-state index contributed by atoms with van der Waals surface area (Å²) in [6, 6.07) is 0. The standard InChI is InChI=1S/C14H24N2O4/c1-15-14(5-3-2-4-6-14)9-12(17)16-7-8-20-11(10-16)13(18)19/h11,15H,2-10H2,1H3,(H,18,19). The third kappa shape index (κ3) is 3.49. The van der Waals surface area contributed by atoms with Crippen molar-refractivity contribution in [1.82, 2.24) is 10.2 Å². The Morgan fingerprint density at radius 3 is 2.65 bits per heavy atom. The minimum atomic E-state index is -0.997. The van der Waals surface area contributed by atoms with Crippen LogP contribution in [0, 0.1) is 0 Å². The van der Waals surface area contributed by atoms with Gasteiger partial charge in [-0.05, 0) is 19.9 Å². The van der Waals surface area contributed by atoms with Crippen molar-refractivity contribution in [2.75, 3.05) is 26.7 Å². The molecule has 0 aromatic rings. The van der Waals surface area contributed by atoms with Crippen LogP contribution in [0.1, 0.15) is 38.5 Å². The predicted molar refractivity (Wildman–Crippen MR) is 73.4 cm³/mol. The van der Waals surface area contributed by atoms with Crippen molar-refractivity contribution < 1.29 is 19.4 Å². The van der Waals surface area contributed by atoms with E-state index >= 15 is 0 Å². The van der Waals surface area contributed by atoms with Gasteiger partial charge in [-0.2, -0.15) is 0 Å². The lowest BCUT2D eigenvalue weighted by molar-refractivity contribution is -0.159. The quantitative estimate of drug-likeness (QED) is 0.791. The summed E-state index contributed by atoms with van der Waals surface area (Å²) in [7, 11) is 1.91. The van der Waals surface area contributed by atoms with Gasteiger partial charge < -0.3 is 20.1 Å². The maximum absolute atomic E-state index is 12.4. The molecule has 1 atom stereocenters. The fourth-order valence-corrected chi connectivity index (χ4v) is 3.17. The van der Waals surface area contributed by atoms with Crippen molar-refractivity contribution >= 4 is 11.9 Å². The Bertz CT molecular complexity index is 366. The molecule has 1 unspecified atom stereocenters. The second-order valence-electron chi connectivity index (χ2n) is 5.81. The van der Waals surface area contributed by atoms with E-state index in [1.165, 1.54) is 6.42 Å². The van der Waals surface area contributed by atoms with Gasteiger partial charge in [0.2, 0.25) is 5.91 Å². The summed E-state index contributed by atoms with van der Waals surface area (Å²) >= 11 is 0. The highest BCUT2D eigenvalue weighted by atomic mass is 16.5. The first-order valence-electron chi connectivity index (χ1n) is 7.37. The molecule has 1 amide bonds. The number of morpholine rings is 1. The number of aliphatic carboxylic acids is 1. The molecule has 0 aromatic carbocycles. The molecule has 114 valence electrons. The second kappa shape index (κ2) is 6.54. The number of hydrogen-bond acceptors (Lipinski definition) is 4. The van der Waals surface area contributed by atoms with Crippen LogP contribution in [0.5, 0.6) is 0 Å². The highest BCUT2D eigenvalue weighted by Crippen LogP contribution is 2.31. The van der Waals surface area contributed by atoms with Crippen molar-refractivity contribution in [3.8, 4) is 0 Å². The molecule has 1 heterocycles. The van der Waals surface area contributed by atoms with Gasteiger partial charge in [-0.15, -0.1) is 0 Å². The minimum absolute atomic E-state index is 0.0378. The van der Waals surface area contributed by atoms with Gasteiger partial charge in [0.25, 0.3) is 0 Å². The Morgan fingerprint density at radius 2 is 2.05 bits per heavy atom. The summed E-state index contributed by atoms with van der Waals surface area (Å²) in [5, 5.41) is 12.3. The van der Waals surface area contributed by atoms with Gasteiger partial charge in [-0.3, -0.25) is 4.79 Å². The first-order valence-corrected chi connectivity index (χ1v) is 7.37. The van der Waals surface area contributed by atoms with E-state index in [4.69, 9.17) is 9.84 Å². The Balaban J connectivity index is 1.94. The summed E-state index contributed by atoms with van der Waals surface area (Å²) in [5.74, 6) is -0.959. The maximum Gasteiger partial charge on any atom is 0.334 e. The van der Waals surface area contributed by atoms with Crippen LogP contribution in [-0.4, -0.2) is 60.3 Å². The van der Waals surface area contributed by atoms with Gasteiger partial charge in [-0.1, -0.05) is 19.3 Å². The Kier molecular flexibility index (Phi) is 4.99. The van der Waals surface area contributed by atoms with Gasteiger partial charge in [-0.25, -0.2) is 4.79 Å². The van der Waals surface area contributed by atoms with Crippen LogP contribution >= 0.6 is 0 Å². The SMILES string of the molecule is CNC1(CC(=O)N2CCOC(C(=O)O)C2)CCCCC1. The zero-order valence-electron chi connectivity index (χ0n) is 12.1. The first-order chi connectivity index (χ1) is 9.56. The number of ether oxygens (including phenoxy) is 1. The molecule has 2 fully saturated rings. The molecular weight excluding hydrogens is 260 g/mol. The molecule has 2 rings (SSSR count). The fraction of sp³-hybridized carbons (Fsp3) is 0.857. The van der Waals surface area contributed by atoms with E-state index in [0.717, 1.165) is 25.7 Å². The minimum Gasteiger partial charge on any atom is -0.479 e. The second-order valence-corrected chi connectivity index (χ2v) is 5.81. The molecule has 6 heteroatoms. The predicted octanol–water partition coefficient (Wildman–Crippen LogP) is 0.611. The average molecular weight is 284 g/mol. The van der Waals surface area contributed by atoms with E-state index in [-0.39, 0.29) is 18.0 Å². The zero-order valence-corrected chi connectivity index (χ0v) is 12.1. The summed E-state index contributed by atoms with van der Waals surface area (Å²) in [6.07, 6.45) is 5.13. The van der Waals surface area contributed by atoms with Gasteiger partial charge in [0.15, 0.2) is 6.10 Å². The topological polar surface area (TPSA) is 78.9 Å². The molecule has 2 N–H and O–H groups in total. The lowest BCUT2D eigenvalue weighted by atomic mass is 9.79. The third-order valence-corrected chi connectivity index (χ3v) is 4.53. The molecule has 0 bridgehead atoms. The number of carboxylic acids is 1. The van der Waals surface area contributed by atoms with Crippen molar-refractivity contribution in [2.24, 2.45) is 0 Å². The maximum atomic E-state index is 12.4. The number of carbonyl (C=O) groups excluding carboxylic acids is 1. The van der Waals surface area contributed by atoms with E-state index in [1.807, 2.05) is 7.05 Å². The summed E-state index contributed by atoms with van der Waals surface area (Å²) in [6.45, 7) is 0.950. The van der Waals surface area contributed by atoms with E-state index in [0.29, 0.717) is 19.6 Å². The van der Waals surface area contributed by atoms with Gasteiger partial charge in [0, 0.05) is 18.5 Å². The zero-order chi connectivity index (χ0) is 14.6. The number of nitrogens with one attached hydrogen (secondary N) is 1. The molecule has 0 spiro atoms. The number of nitrogens with zero attached hydrogens (tertiary/aromatic N) is 1. The van der Waals surface area contributed by atoms with Crippen LogP contribution in [0.3, 0.4) is 0 Å². The highest BCUT2D eigenvalue weighted by molar-refractivity contribution is 5.79. The molecule has 1 aliphatic heterocycles. The van der Waals surface area contributed by atoms with Crippen molar-refractivity contribution in [2.45, 2.75) is 50.2 Å². The summed E-state index contributed by atoms with van der Waals surface area (Å²) < 4.78 is 5.15. The van der Waals surface area contributed by atoms with Crippen LogP contribution in [0.2, 0.25) is 0 Å². The number of carbonyl (C=O) groups is 2. The molecule has 0 aromatic heterocycles. The van der Waals surface area contributed by atoms with Crippen LogP contribution in [0.15, 0.2) is 0 Å². The molecule has 1 saturated carbocycles. The van der Waals surface area contributed by atoms with E-state index in [2.05, 4.69) is 5.32 Å². The smallest absolute Gasteiger partial charge is 0.334 e. The lowest BCUT2D eigenvalue weighted by Crippen LogP contribution is -2.53. The van der Waals surface area contributed by atoms with Gasteiger partial charge >= 0.3 is 5.97 Å². The average Bonchev–Trinajstić information content (AvgIpc) is 2.48. The van der Waals surface area contributed by atoms with E-state index < -0.39 is 12.1 Å². The third-order valence-electron chi connectivity index (χ3n) is 4.53. The number of carboxylic acid groups (broad SMARTS) is 1. The van der Waals surface area contributed by atoms with Crippen molar-refractivity contribution in [3.05, 3.63) is 0 Å². The van der Waals surface area contributed by atoms with E-state index in [9.17, 15) is 9.59 Å². The monoisotopic (exact) mass is 284 g/mol. The molecule has 20 heavy (non-hydrogen) atoms. The van der Waals surface area contributed by atoms with Crippen LogP contribution in [0.25, 0.3) is 0 Å². The number of hydrogen-bond donors (Lipinski definition) is 2. The number of rotatable bonds is 4. The largest absolute Gasteiger partial charge is 0.479 e. The molecule has 1 saturated heterocycles. The Labute approximate surface area is 119 Å². The first kappa shape index (κ1) is 15.3. The van der Waals surface area contributed by atoms with Gasteiger partial charge in [0.05, 0.1) is 13.2 Å². The molecular formula is C14H24N2O4. The van der Waals surface area contributed by atoms with Gasteiger partial charge in [0.1, 0.15) is 0 Å². The molecule has 6 nitrogen and oxygen atoms in total. The highest BCUT2D eigenvalue weighted by Gasteiger charge is 2.36. The Hall–Kier alpha value is -1.14. The van der Waals surface area contributed by atoms with Crippen LogP contribution in [0.4, 0.5) is 0 Å². The van der Waals surface area contributed by atoms with Crippen molar-refractivity contribution in [1.29, 1.82) is 0 Å². The van der Waals surface area contributed by atoms with E-state index in [1.54, 1.807) is 4.90 Å². The van der Waals surface area contributed by atoms with Crippen LogP contribution in [-0.2, 0) is 14.3 Å². The fourth-order valence-electron chi connectivity index (χ4n) is 3.17. The molecule has 0 radical (unpaired) electrons. The molecule has 1 aliphatic carbocycles. The lowest BCUT2D eigenvalue weighted by Gasteiger charge is -2.39. The Morgan fingerprint density at radius 1 is 1.35 bits per heavy atom. The normalized spacial score (nSPS) is 26.2. The summed E-state index contributed by atoms with van der Waals surface area (Å²) in [4.78, 5) is 25.0. The van der Waals surface area contributed by atoms with Crippen LogP contribution < -0.4 is 5.32 Å². The number of amides is 1. The summed E-state index contributed by atoms with van der Waals surface area (Å²) in [5.41, 5.74) is -0.105.